The summed E-state index contributed by atoms with van der Waals surface area (Å²) in [6.07, 6.45) is 0. The zero-order valence-electron chi connectivity index (χ0n) is 11.4. The molecule has 0 saturated heterocycles. The van der Waals surface area contributed by atoms with E-state index in [1.165, 1.54) is 4.90 Å². The number of hydrogen-bond donors (Lipinski definition) is 2. The molecule has 1 amide bonds. The molecule has 0 unspecified atom stereocenters. The van der Waals surface area contributed by atoms with E-state index in [1.807, 2.05) is 18.2 Å². The van der Waals surface area contributed by atoms with E-state index in [2.05, 4.69) is 5.32 Å². The number of halogens is 1. The van der Waals surface area contributed by atoms with Gasteiger partial charge < -0.3 is 16.0 Å². The van der Waals surface area contributed by atoms with Crippen molar-refractivity contribution >= 4 is 34.6 Å². The predicted molar refractivity (Wildman–Crippen MR) is 83.6 cm³/mol. The molecule has 2 rings (SSSR count). The number of nitrogens with two attached hydrogens (primary N) is 1. The molecule has 0 fully saturated rings. The second kappa shape index (κ2) is 5.84. The fraction of sp³-hybridized carbons (Fsp3) is 0.133. The summed E-state index contributed by atoms with van der Waals surface area (Å²) in [5, 5.41) is 3.74. The van der Waals surface area contributed by atoms with Crippen LogP contribution in [-0.2, 0) is 0 Å². The average Bonchev–Trinajstić information content (AvgIpc) is 2.42. The van der Waals surface area contributed by atoms with E-state index in [4.69, 9.17) is 17.3 Å². The molecule has 0 atom stereocenters. The van der Waals surface area contributed by atoms with E-state index >= 15 is 0 Å². The van der Waals surface area contributed by atoms with Crippen LogP contribution >= 0.6 is 11.6 Å². The van der Waals surface area contributed by atoms with E-state index in [-0.39, 0.29) is 5.91 Å². The quantitative estimate of drug-likeness (QED) is 0.852. The first-order valence-corrected chi connectivity index (χ1v) is 6.49. The van der Waals surface area contributed by atoms with Crippen molar-refractivity contribution < 1.29 is 4.79 Å². The molecule has 0 radical (unpaired) electrons. The molecule has 3 N–H and O–H groups in total. The van der Waals surface area contributed by atoms with Crippen molar-refractivity contribution in [2.45, 2.75) is 0 Å². The van der Waals surface area contributed by atoms with Gasteiger partial charge in [-0.25, -0.2) is 0 Å². The number of nitrogens with zero attached hydrogens (tertiary/aromatic N) is 1. The lowest BCUT2D eigenvalue weighted by atomic mass is 10.1. The van der Waals surface area contributed by atoms with Gasteiger partial charge in [-0.1, -0.05) is 23.7 Å². The smallest absolute Gasteiger partial charge is 0.253 e. The number of carbonyl (C=O) groups excluding carboxylic acids is 1. The lowest BCUT2D eigenvalue weighted by Crippen LogP contribution is -2.21. The van der Waals surface area contributed by atoms with Crippen LogP contribution < -0.4 is 11.1 Å². The molecular weight excluding hydrogens is 274 g/mol. The maximum Gasteiger partial charge on any atom is 0.253 e. The van der Waals surface area contributed by atoms with Gasteiger partial charge in [-0.05, 0) is 30.3 Å². The Kier molecular flexibility index (Phi) is 4.15. The summed E-state index contributed by atoms with van der Waals surface area (Å²) in [6.45, 7) is 0. The van der Waals surface area contributed by atoms with Crippen LogP contribution in [0.4, 0.5) is 17.1 Å². The van der Waals surface area contributed by atoms with Gasteiger partial charge in [0.05, 0.1) is 22.1 Å². The molecule has 0 heterocycles. The van der Waals surface area contributed by atoms with Crippen molar-refractivity contribution in [1.82, 2.24) is 4.90 Å². The number of nitrogens with one attached hydrogen (secondary N) is 1. The third-order valence-electron chi connectivity index (χ3n) is 2.85. The molecule has 0 aliphatic heterocycles. The molecule has 20 heavy (non-hydrogen) atoms. The molecule has 0 aromatic heterocycles. The first-order valence-electron chi connectivity index (χ1n) is 6.12. The highest BCUT2D eigenvalue weighted by atomic mass is 35.5. The lowest BCUT2D eigenvalue weighted by molar-refractivity contribution is 0.0827. The van der Waals surface area contributed by atoms with E-state index in [0.29, 0.717) is 22.0 Å². The normalized spacial score (nSPS) is 10.2. The van der Waals surface area contributed by atoms with Crippen LogP contribution in [0.5, 0.6) is 0 Å². The van der Waals surface area contributed by atoms with Crippen molar-refractivity contribution in [3.8, 4) is 0 Å². The Morgan fingerprint density at radius 3 is 2.50 bits per heavy atom. The maximum atomic E-state index is 12.0. The zero-order valence-corrected chi connectivity index (χ0v) is 12.1. The minimum atomic E-state index is -0.0767. The SMILES string of the molecule is CN(C)C(=O)c1ccc(N)c(Nc2ccccc2Cl)c1. The Morgan fingerprint density at radius 1 is 1.15 bits per heavy atom. The Balaban J connectivity index is 2.35. The van der Waals surface area contributed by atoms with Crippen LogP contribution in [0.2, 0.25) is 5.02 Å². The van der Waals surface area contributed by atoms with Gasteiger partial charge in [0, 0.05) is 19.7 Å². The Labute approximate surface area is 123 Å². The van der Waals surface area contributed by atoms with Gasteiger partial charge in [-0.15, -0.1) is 0 Å². The second-order valence-corrected chi connectivity index (χ2v) is 5.01. The zero-order chi connectivity index (χ0) is 14.7. The first kappa shape index (κ1) is 14.2. The van der Waals surface area contributed by atoms with Crippen LogP contribution in [-0.4, -0.2) is 24.9 Å². The molecule has 2 aromatic rings. The van der Waals surface area contributed by atoms with Crippen LogP contribution in [0, 0.1) is 0 Å². The molecular formula is C15H16ClN3O. The summed E-state index contributed by atoms with van der Waals surface area (Å²) in [7, 11) is 3.42. The number of hydrogen-bond acceptors (Lipinski definition) is 3. The maximum absolute atomic E-state index is 12.0. The van der Waals surface area contributed by atoms with Crippen molar-refractivity contribution in [1.29, 1.82) is 0 Å². The lowest BCUT2D eigenvalue weighted by Gasteiger charge is -2.14. The number of para-hydroxylation sites is 1. The summed E-state index contributed by atoms with van der Waals surface area (Å²) in [4.78, 5) is 13.5. The third-order valence-corrected chi connectivity index (χ3v) is 3.18. The minimum Gasteiger partial charge on any atom is -0.397 e. The number of amides is 1. The average molecular weight is 290 g/mol. The standard InChI is InChI=1S/C15H16ClN3O/c1-19(2)15(20)10-7-8-12(17)14(9-10)18-13-6-4-3-5-11(13)16/h3-9,18H,17H2,1-2H3. The van der Waals surface area contributed by atoms with Crippen molar-refractivity contribution in [2.24, 2.45) is 0 Å². The van der Waals surface area contributed by atoms with E-state index < -0.39 is 0 Å². The van der Waals surface area contributed by atoms with Crippen LogP contribution in [0.3, 0.4) is 0 Å². The third kappa shape index (κ3) is 3.03. The van der Waals surface area contributed by atoms with Crippen LogP contribution in [0.15, 0.2) is 42.5 Å². The predicted octanol–water partition coefficient (Wildman–Crippen LogP) is 3.37. The highest BCUT2D eigenvalue weighted by molar-refractivity contribution is 6.33. The summed E-state index contributed by atoms with van der Waals surface area (Å²) in [5.74, 6) is -0.0767. The first-order chi connectivity index (χ1) is 9.49. The second-order valence-electron chi connectivity index (χ2n) is 4.61. The highest BCUT2D eigenvalue weighted by Gasteiger charge is 2.11. The molecule has 4 nitrogen and oxygen atoms in total. The Bertz CT molecular complexity index is 641. The van der Waals surface area contributed by atoms with E-state index in [9.17, 15) is 4.79 Å². The van der Waals surface area contributed by atoms with E-state index in [1.54, 1.807) is 38.4 Å². The summed E-state index contributed by atoms with van der Waals surface area (Å²) < 4.78 is 0. The van der Waals surface area contributed by atoms with Gasteiger partial charge in [0.15, 0.2) is 0 Å². The fourth-order valence-electron chi connectivity index (χ4n) is 1.76. The van der Waals surface area contributed by atoms with Crippen LogP contribution in [0.25, 0.3) is 0 Å². The number of benzene rings is 2. The molecule has 2 aromatic carbocycles. The van der Waals surface area contributed by atoms with Gasteiger partial charge in [-0.3, -0.25) is 4.79 Å². The van der Waals surface area contributed by atoms with Gasteiger partial charge in [0.2, 0.25) is 0 Å². The largest absolute Gasteiger partial charge is 0.397 e. The van der Waals surface area contributed by atoms with Gasteiger partial charge >= 0.3 is 0 Å². The molecule has 0 spiro atoms. The molecule has 0 aliphatic rings. The summed E-state index contributed by atoms with van der Waals surface area (Å²) in [5.41, 5.74) is 8.46. The number of anilines is 3. The number of nitrogen functional groups attached to an aromatic ring is 1. The van der Waals surface area contributed by atoms with Crippen LogP contribution in [0.1, 0.15) is 10.4 Å². The minimum absolute atomic E-state index is 0.0767. The Morgan fingerprint density at radius 2 is 1.85 bits per heavy atom. The van der Waals surface area contributed by atoms with Gasteiger partial charge in [-0.2, -0.15) is 0 Å². The Hall–Kier alpha value is -2.20. The molecule has 0 aliphatic carbocycles. The van der Waals surface area contributed by atoms with Gasteiger partial charge in [0.25, 0.3) is 5.91 Å². The molecule has 5 heteroatoms. The summed E-state index contributed by atoms with van der Waals surface area (Å²) in [6, 6.07) is 12.5. The molecule has 0 bridgehead atoms. The highest BCUT2D eigenvalue weighted by Crippen LogP contribution is 2.29. The number of carbonyl (C=O) groups is 1. The van der Waals surface area contributed by atoms with Gasteiger partial charge in [0.1, 0.15) is 0 Å². The topological polar surface area (TPSA) is 58.4 Å². The summed E-state index contributed by atoms with van der Waals surface area (Å²) >= 11 is 6.10. The number of rotatable bonds is 3. The fourth-order valence-corrected chi connectivity index (χ4v) is 1.95. The van der Waals surface area contributed by atoms with E-state index in [0.717, 1.165) is 5.69 Å². The van der Waals surface area contributed by atoms with Crippen molar-refractivity contribution in [3.63, 3.8) is 0 Å². The molecule has 0 saturated carbocycles. The van der Waals surface area contributed by atoms with Crippen molar-refractivity contribution in [3.05, 3.63) is 53.1 Å². The monoisotopic (exact) mass is 289 g/mol. The van der Waals surface area contributed by atoms with Crippen molar-refractivity contribution in [2.75, 3.05) is 25.1 Å². The molecule has 104 valence electrons.